The molecular weight excluding hydrogens is 478 g/mol. The van der Waals surface area contributed by atoms with Gasteiger partial charge in [-0.05, 0) is 42.0 Å². The highest BCUT2D eigenvalue weighted by atomic mass is 35.5. The molecule has 0 saturated carbocycles. The Bertz CT molecular complexity index is 1150. The highest BCUT2D eigenvalue weighted by Gasteiger charge is 2.21. The van der Waals surface area contributed by atoms with E-state index in [1.54, 1.807) is 6.07 Å². The van der Waals surface area contributed by atoms with Gasteiger partial charge in [0, 0.05) is 0 Å². The van der Waals surface area contributed by atoms with E-state index in [1.165, 1.54) is 57.9 Å². The molecule has 2 rings (SSSR count). The lowest BCUT2D eigenvalue weighted by Gasteiger charge is -2.22. The van der Waals surface area contributed by atoms with Crippen LogP contribution in [0.4, 0.5) is 10.5 Å². The summed E-state index contributed by atoms with van der Waals surface area (Å²) < 4.78 is 44.9. The van der Waals surface area contributed by atoms with Crippen LogP contribution in [0, 0.1) is 0 Å². The third-order valence-corrected chi connectivity index (χ3v) is 5.50. The van der Waals surface area contributed by atoms with Crippen LogP contribution in [0.2, 0.25) is 5.02 Å². The summed E-state index contributed by atoms with van der Waals surface area (Å²) in [5.41, 5.74) is 2.95. The second-order valence-corrected chi connectivity index (χ2v) is 8.66. The van der Waals surface area contributed by atoms with Gasteiger partial charge in [-0.25, -0.2) is 18.6 Å². The first-order valence-electron chi connectivity index (χ1n) is 9.16. The number of hydrogen-bond acceptors (Lipinski definition) is 9. The van der Waals surface area contributed by atoms with Crippen molar-refractivity contribution >= 4 is 45.6 Å². The number of carbonyl (C=O) groups is 2. The average Bonchev–Trinajstić information content (AvgIpc) is 2.77. The van der Waals surface area contributed by atoms with Gasteiger partial charge in [0.15, 0.2) is 11.5 Å². The van der Waals surface area contributed by atoms with Crippen LogP contribution < -0.4 is 23.9 Å². The van der Waals surface area contributed by atoms with Gasteiger partial charge in [0.25, 0.3) is 5.91 Å². The van der Waals surface area contributed by atoms with E-state index in [9.17, 15) is 18.0 Å². The Kier molecular flexibility index (Phi) is 8.88. The van der Waals surface area contributed by atoms with Crippen LogP contribution in [0.5, 0.6) is 17.2 Å². The van der Waals surface area contributed by atoms with Gasteiger partial charge in [-0.3, -0.25) is 9.10 Å². The summed E-state index contributed by atoms with van der Waals surface area (Å²) in [6.45, 7) is -0.534. The van der Waals surface area contributed by atoms with Crippen LogP contribution in [0.15, 0.2) is 41.5 Å². The molecule has 11 nitrogen and oxygen atoms in total. The number of hydrogen-bond donors (Lipinski definition) is 1. The van der Waals surface area contributed by atoms with E-state index < -0.39 is 28.6 Å². The van der Waals surface area contributed by atoms with Crippen molar-refractivity contribution in [3.63, 3.8) is 0 Å². The molecule has 0 spiro atoms. The number of nitrogens with zero attached hydrogens (tertiary/aromatic N) is 2. The standard InChI is InChI=1S/C20H22ClN3O8S/c1-29-16-8-6-14(10-15(16)21)24(33(4,27)28)12-19(25)23-22-11-13-5-7-17(18(9-13)30-2)32-20(26)31-3/h5-11H,12H2,1-4H3,(H,23,25)/b22-11-. The van der Waals surface area contributed by atoms with Gasteiger partial charge < -0.3 is 18.9 Å². The van der Waals surface area contributed by atoms with Gasteiger partial charge in [-0.1, -0.05) is 11.6 Å². The number of halogens is 1. The summed E-state index contributed by atoms with van der Waals surface area (Å²) in [4.78, 5) is 23.6. The number of rotatable bonds is 9. The number of sulfonamides is 1. The molecule has 1 amide bonds. The Balaban J connectivity index is 2.11. The summed E-state index contributed by atoms with van der Waals surface area (Å²) in [7, 11) is 0.183. The van der Waals surface area contributed by atoms with Gasteiger partial charge in [-0.15, -0.1) is 0 Å². The molecule has 33 heavy (non-hydrogen) atoms. The minimum Gasteiger partial charge on any atom is -0.495 e. The lowest BCUT2D eigenvalue weighted by Crippen LogP contribution is -2.39. The fraction of sp³-hybridized carbons (Fsp3) is 0.250. The van der Waals surface area contributed by atoms with Crippen LogP contribution in [0.25, 0.3) is 0 Å². The van der Waals surface area contributed by atoms with Crippen molar-refractivity contribution in [2.24, 2.45) is 5.10 Å². The maximum Gasteiger partial charge on any atom is 0.513 e. The van der Waals surface area contributed by atoms with Crippen molar-refractivity contribution in [1.82, 2.24) is 5.43 Å². The Morgan fingerprint density at radius 1 is 1.06 bits per heavy atom. The average molecular weight is 500 g/mol. The normalized spacial score (nSPS) is 11.1. The molecule has 0 radical (unpaired) electrons. The first-order valence-corrected chi connectivity index (χ1v) is 11.4. The van der Waals surface area contributed by atoms with Crippen molar-refractivity contribution in [3.8, 4) is 17.2 Å². The van der Waals surface area contributed by atoms with E-state index in [0.29, 0.717) is 11.3 Å². The van der Waals surface area contributed by atoms with E-state index in [4.69, 9.17) is 25.8 Å². The smallest absolute Gasteiger partial charge is 0.495 e. The second kappa shape index (κ2) is 11.4. The third-order valence-electron chi connectivity index (χ3n) is 4.06. The van der Waals surface area contributed by atoms with E-state index in [-0.39, 0.29) is 22.2 Å². The molecule has 0 aromatic heterocycles. The summed E-state index contributed by atoms with van der Waals surface area (Å²) >= 11 is 6.07. The molecule has 0 bridgehead atoms. The Morgan fingerprint density at radius 3 is 2.30 bits per heavy atom. The van der Waals surface area contributed by atoms with Crippen LogP contribution in [0.3, 0.4) is 0 Å². The molecular formula is C20H22ClN3O8S. The number of anilines is 1. The Hall–Kier alpha value is -3.51. The van der Waals surface area contributed by atoms with E-state index in [0.717, 1.165) is 10.6 Å². The SMILES string of the molecule is COC(=O)Oc1ccc(/C=N\NC(=O)CN(c2ccc(OC)c(Cl)c2)S(C)(=O)=O)cc1OC. The molecule has 0 saturated heterocycles. The minimum absolute atomic E-state index is 0.132. The van der Waals surface area contributed by atoms with Gasteiger partial charge in [0.2, 0.25) is 10.0 Å². The molecule has 2 aromatic rings. The highest BCUT2D eigenvalue weighted by Crippen LogP contribution is 2.30. The van der Waals surface area contributed by atoms with E-state index >= 15 is 0 Å². The Morgan fingerprint density at radius 2 is 1.73 bits per heavy atom. The second-order valence-electron chi connectivity index (χ2n) is 6.35. The maximum absolute atomic E-state index is 12.3. The predicted octanol–water partition coefficient (Wildman–Crippen LogP) is 2.42. The van der Waals surface area contributed by atoms with Crippen molar-refractivity contribution in [2.45, 2.75) is 0 Å². The fourth-order valence-corrected chi connectivity index (χ4v) is 3.64. The first-order chi connectivity index (χ1) is 15.6. The van der Waals surface area contributed by atoms with Crippen molar-refractivity contribution < 1.29 is 37.0 Å². The van der Waals surface area contributed by atoms with Gasteiger partial charge in [-0.2, -0.15) is 5.10 Å². The molecule has 1 N–H and O–H groups in total. The van der Waals surface area contributed by atoms with Crippen molar-refractivity contribution in [2.75, 3.05) is 38.4 Å². The number of benzene rings is 2. The van der Waals surface area contributed by atoms with Crippen molar-refractivity contribution in [3.05, 3.63) is 47.0 Å². The van der Waals surface area contributed by atoms with Crippen molar-refractivity contribution in [1.29, 1.82) is 0 Å². The number of carbonyl (C=O) groups excluding carboxylic acids is 2. The fourth-order valence-electron chi connectivity index (χ4n) is 2.54. The van der Waals surface area contributed by atoms with E-state index in [1.807, 2.05) is 0 Å². The monoisotopic (exact) mass is 499 g/mol. The summed E-state index contributed by atoms with van der Waals surface area (Å²) in [5, 5.41) is 4.01. The number of hydrazone groups is 1. The lowest BCUT2D eigenvalue weighted by molar-refractivity contribution is -0.119. The number of nitrogens with one attached hydrogen (secondary N) is 1. The quantitative estimate of drug-likeness (QED) is 0.241. The molecule has 0 heterocycles. The summed E-state index contributed by atoms with van der Waals surface area (Å²) in [5.74, 6) is 0.0328. The highest BCUT2D eigenvalue weighted by molar-refractivity contribution is 7.92. The van der Waals surface area contributed by atoms with Gasteiger partial charge in [0.05, 0.1) is 44.5 Å². The summed E-state index contributed by atoms with van der Waals surface area (Å²) in [6, 6.07) is 8.86. The molecule has 0 aliphatic heterocycles. The topological polar surface area (TPSA) is 133 Å². The molecule has 178 valence electrons. The minimum atomic E-state index is -3.80. The Labute approximate surface area is 195 Å². The molecule has 2 aromatic carbocycles. The number of methoxy groups -OCH3 is 3. The zero-order valence-electron chi connectivity index (χ0n) is 18.2. The van der Waals surface area contributed by atoms with Crippen LogP contribution in [-0.4, -0.2) is 60.8 Å². The zero-order chi connectivity index (χ0) is 24.6. The third kappa shape index (κ3) is 7.26. The number of ether oxygens (including phenoxy) is 4. The first kappa shape index (κ1) is 25.7. The molecule has 13 heteroatoms. The predicted molar refractivity (Wildman–Crippen MR) is 122 cm³/mol. The van der Waals surface area contributed by atoms with Crippen LogP contribution in [0.1, 0.15) is 5.56 Å². The summed E-state index contributed by atoms with van der Waals surface area (Å²) in [6.07, 6.45) is 1.36. The lowest BCUT2D eigenvalue weighted by atomic mass is 10.2. The molecule has 0 fully saturated rings. The van der Waals surface area contributed by atoms with Crippen LogP contribution in [-0.2, 0) is 19.6 Å². The van der Waals surface area contributed by atoms with Gasteiger partial charge in [0.1, 0.15) is 12.3 Å². The molecule has 0 unspecified atom stereocenters. The largest absolute Gasteiger partial charge is 0.513 e. The number of amides is 1. The van der Waals surface area contributed by atoms with E-state index in [2.05, 4.69) is 15.3 Å². The molecule has 0 aliphatic carbocycles. The van der Waals surface area contributed by atoms with Gasteiger partial charge >= 0.3 is 6.16 Å². The molecule has 0 aliphatic rings. The van der Waals surface area contributed by atoms with Crippen LogP contribution >= 0.6 is 11.6 Å². The maximum atomic E-state index is 12.3. The molecule has 0 atom stereocenters. The zero-order valence-corrected chi connectivity index (χ0v) is 19.8.